The van der Waals surface area contributed by atoms with Gasteiger partial charge in [-0.3, -0.25) is 4.79 Å². The van der Waals surface area contributed by atoms with E-state index >= 15 is 0 Å². The van der Waals surface area contributed by atoms with Crippen molar-refractivity contribution < 1.29 is 27.9 Å². The Hall–Kier alpha value is -2.70. The van der Waals surface area contributed by atoms with Crippen LogP contribution >= 0.6 is 0 Å². The van der Waals surface area contributed by atoms with Crippen molar-refractivity contribution in [2.75, 3.05) is 0 Å². The molecule has 1 atom stereocenters. The molecule has 0 aliphatic heterocycles. The molecule has 1 heterocycles. The summed E-state index contributed by atoms with van der Waals surface area (Å²) in [5, 5.41) is 11.4. The number of rotatable bonds is 4. The molecule has 0 unspecified atom stereocenters. The average Bonchev–Trinajstić information content (AvgIpc) is 2.95. The van der Waals surface area contributed by atoms with Gasteiger partial charge in [0.05, 0.1) is 23.4 Å². The molecule has 0 bridgehead atoms. The van der Waals surface area contributed by atoms with E-state index in [0.717, 1.165) is 0 Å². The first-order chi connectivity index (χ1) is 9.90. The number of hydrogen-bond acceptors (Lipinski definition) is 3. The number of benzene rings is 1. The molecule has 0 aliphatic carbocycles. The van der Waals surface area contributed by atoms with Gasteiger partial charge in [0.2, 0.25) is 0 Å². The largest absolute Gasteiger partial charge is 0.478 e. The molecule has 1 aromatic heterocycles. The fourth-order valence-corrected chi connectivity index (χ4v) is 1.79. The Labute approximate surface area is 118 Å². The number of carboxylic acids is 1. The quantitative estimate of drug-likeness (QED) is 0.909. The van der Waals surface area contributed by atoms with Crippen molar-refractivity contribution >= 4 is 11.9 Å². The van der Waals surface area contributed by atoms with Gasteiger partial charge in [-0.05, 0) is 31.2 Å². The maximum absolute atomic E-state index is 13.2. The van der Waals surface area contributed by atoms with Crippen molar-refractivity contribution in [1.29, 1.82) is 0 Å². The van der Waals surface area contributed by atoms with Gasteiger partial charge in [-0.1, -0.05) is 0 Å². The first-order valence-corrected chi connectivity index (χ1v) is 5.96. The average molecular weight is 295 g/mol. The maximum Gasteiger partial charge on any atom is 0.336 e. The second kappa shape index (κ2) is 5.74. The van der Waals surface area contributed by atoms with Crippen LogP contribution < -0.4 is 5.32 Å². The number of carbonyl (C=O) groups excluding carboxylic acids is 1. The van der Waals surface area contributed by atoms with Gasteiger partial charge >= 0.3 is 5.97 Å². The minimum absolute atomic E-state index is 0.447. The van der Waals surface area contributed by atoms with Gasteiger partial charge in [0.1, 0.15) is 5.76 Å². The summed E-state index contributed by atoms with van der Waals surface area (Å²) < 4.78 is 31.4. The number of halogens is 2. The predicted molar refractivity (Wildman–Crippen MR) is 67.9 cm³/mol. The third-order valence-electron chi connectivity index (χ3n) is 2.85. The molecule has 0 spiro atoms. The standard InChI is InChI=1S/C14H11F2NO4/c1-7(12-3-2-4-21-12)17-13(18)8-5-10(15)11(16)6-9(8)14(19)20/h2-7H,1H3,(H,17,18)(H,19,20)/t7-/m0/s1. The number of furan rings is 1. The molecule has 2 aromatic rings. The van der Waals surface area contributed by atoms with E-state index in [1.807, 2.05) is 0 Å². The summed E-state index contributed by atoms with van der Waals surface area (Å²) in [6.45, 7) is 1.61. The fourth-order valence-electron chi connectivity index (χ4n) is 1.79. The van der Waals surface area contributed by atoms with Crippen LogP contribution in [0.25, 0.3) is 0 Å². The van der Waals surface area contributed by atoms with E-state index in [1.54, 1.807) is 19.1 Å². The van der Waals surface area contributed by atoms with Crippen LogP contribution in [0.3, 0.4) is 0 Å². The van der Waals surface area contributed by atoms with Crippen molar-refractivity contribution in [2.24, 2.45) is 0 Å². The third kappa shape index (κ3) is 3.07. The van der Waals surface area contributed by atoms with Gasteiger partial charge in [-0.25, -0.2) is 13.6 Å². The lowest BCUT2D eigenvalue weighted by atomic mass is 10.1. The van der Waals surface area contributed by atoms with E-state index in [1.165, 1.54) is 6.26 Å². The molecule has 21 heavy (non-hydrogen) atoms. The summed E-state index contributed by atoms with van der Waals surface area (Å²) in [6.07, 6.45) is 1.41. The van der Waals surface area contributed by atoms with Crippen molar-refractivity contribution in [3.8, 4) is 0 Å². The lowest BCUT2D eigenvalue weighted by Gasteiger charge is -2.13. The zero-order valence-corrected chi connectivity index (χ0v) is 10.9. The molecular formula is C14H11F2NO4. The summed E-state index contributed by atoms with van der Waals surface area (Å²) in [5.41, 5.74) is -1.07. The summed E-state index contributed by atoms with van der Waals surface area (Å²) in [7, 11) is 0. The predicted octanol–water partition coefficient (Wildman–Crippen LogP) is 2.75. The first kappa shape index (κ1) is 14.7. The van der Waals surface area contributed by atoms with Gasteiger partial charge in [0.25, 0.3) is 5.91 Å². The van der Waals surface area contributed by atoms with Crippen LogP contribution in [-0.2, 0) is 0 Å². The third-order valence-corrected chi connectivity index (χ3v) is 2.85. The Morgan fingerprint density at radius 1 is 1.24 bits per heavy atom. The monoisotopic (exact) mass is 295 g/mol. The van der Waals surface area contributed by atoms with E-state index < -0.39 is 40.7 Å². The number of aromatic carboxylic acids is 1. The zero-order chi connectivity index (χ0) is 15.6. The second-order valence-corrected chi connectivity index (χ2v) is 4.33. The van der Waals surface area contributed by atoms with Gasteiger partial charge in [0.15, 0.2) is 11.6 Å². The number of carbonyl (C=O) groups is 2. The molecule has 2 N–H and O–H groups in total. The lowest BCUT2D eigenvalue weighted by molar-refractivity contribution is 0.0689. The SMILES string of the molecule is C[C@H](NC(=O)c1cc(F)c(F)cc1C(=O)O)c1ccco1. The van der Waals surface area contributed by atoms with Crippen LogP contribution in [0.4, 0.5) is 8.78 Å². The van der Waals surface area contributed by atoms with Crippen LogP contribution in [0, 0.1) is 11.6 Å². The molecule has 0 fully saturated rings. The lowest BCUT2D eigenvalue weighted by Crippen LogP contribution is -2.28. The summed E-state index contributed by atoms with van der Waals surface area (Å²) in [6, 6.07) is 3.72. The number of amides is 1. The van der Waals surface area contributed by atoms with Crippen molar-refractivity contribution in [3.63, 3.8) is 0 Å². The van der Waals surface area contributed by atoms with Crippen LogP contribution in [0.5, 0.6) is 0 Å². The smallest absolute Gasteiger partial charge is 0.336 e. The molecule has 0 saturated carbocycles. The normalized spacial score (nSPS) is 12.0. The molecular weight excluding hydrogens is 284 g/mol. The fraction of sp³-hybridized carbons (Fsp3) is 0.143. The molecule has 7 heteroatoms. The van der Waals surface area contributed by atoms with Crippen molar-refractivity contribution in [3.05, 3.63) is 59.1 Å². The molecule has 2 rings (SSSR count). The molecule has 1 amide bonds. The molecule has 1 aromatic carbocycles. The highest BCUT2D eigenvalue weighted by Gasteiger charge is 2.22. The highest BCUT2D eigenvalue weighted by atomic mass is 19.2. The number of carboxylic acid groups (broad SMARTS) is 1. The van der Waals surface area contributed by atoms with Crippen LogP contribution in [0.1, 0.15) is 39.4 Å². The summed E-state index contributed by atoms with van der Waals surface area (Å²) in [5.74, 6) is -4.54. The van der Waals surface area contributed by atoms with Crippen molar-refractivity contribution in [2.45, 2.75) is 13.0 Å². The second-order valence-electron chi connectivity index (χ2n) is 4.33. The first-order valence-electron chi connectivity index (χ1n) is 5.96. The van der Waals surface area contributed by atoms with E-state index in [-0.39, 0.29) is 0 Å². The van der Waals surface area contributed by atoms with E-state index in [4.69, 9.17) is 9.52 Å². The molecule has 110 valence electrons. The van der Waals surface area contributed by atoms with Crippen LogP contribution in [-0.4, -0.2) is 17.0 Å². The summed E-state index contributed by atoms with van der Waals surface area (Å²) in [4.78, 5) is 23.1. The Bertz CT molecular complexity index is 683. The van der Waals surface area contributed by atoms with Crippen LogP contribution in [0.15, 0.2) is 34.9 Å². The van der Waals surface area contributed by atoms with E-state index in [2.05, 4.69) is 5.32 Å². The Balaban J connectivity index is 2.30. The molecule has 0 aliphatic rings. The van der Waals surface area contributed by atoms with Crippen molar-refractivity contribution in [1.82, 2.24) is 5.32 Å². The van der Waals surface area contributed by atoms with Gasteiger partial charge < -0.3 is 14.8 Å². The molecule has 5 nitrogen and oxygen atoms in total. The minimum atomic E-state index is -1.52. The summed E-state index contributed by atoms with van der Waals surface area (Å²) >= 11 is 0. The Morgan fingerprint density at radius 3 is 2.38 bits per heavy atom. The maximum atomic E-state index is 13.2. The topological polar surface area (TPSA) is 79.5 Å². The van der Waals surface area contributed by atoms with Gasteiger partial charge in [0, 0.05) is 0 Å². The van der Waals surface area contributed by atoms with E-state index in [9.17, 15) is 18.4 Å². The Kier molecular flexibility index (Phi) is 4.02. The molecule has 0 radical (unpaired) electrons. The van der Waals surface area contributed by atoms with Crippen LogP contribution in [0.2, 0.25) is 0 Å². The Morgan fingerprint density at radius 2 is 1.86 bits per heavy atom. The minimum Gasteiger partial charge on any atom is -0.478 e. The number of nitrogens with one attached hydrogen (secondary N) is 1. The molecule has 0 saturated heterocycles. The zero-order valence-electron chi connectivity index (χ0n) is 10.9. The highest BCUT2D eigenvalue weighted by Crippen LogP contribution is 2.18. The van der Waals surface area contributed by atoms with Gasteiger partial charge in [-0.2, -0.15) is 0 Å². The number of hydrogen-bond donors (Lipinski definition) is 2. The van der Waals surface area contributed by atoms with E-state index in [0.29, 0.717) is 17.9 Å². The van der Waals surface area contributed by atoms with Gasteiger partial charge in [-0.15, -0.1) is 0 Å². The highest BCUT2D eigenvalue weighted by molar-refractivity contribution is 6.04.